The van der Waals surface area contributed by atoms with E-state index in [1.807, 2.05) is 0 Å². The van der Waals surface area contributed by atoms with Crippen LogP contribution in [0.5, 0.6) is 0 Å². The fourth-order valence-electron chi connectivity index (χ4n) is 1.56. The average molecular weight is 243 g/mol. The van der Waals surface area contributed by atoms with Crippen molar-refractivity contribution in [1.82, 2.24) is 5.32 Å². The summed E-state index contributed by atoms with van der Waals surface area (Å²) in [6, 6.07) is 0. The maximum atomic E-state index is 5.53. The van der Waals surface area contributed by atoms with Crippen LogP contribution in [0.2, 0.25) is 0 Å². The van der Waals surface area contributed by atoms with Crippen LogP contribution in [0.15, 0.2) is 4.99 Å². The quantitative estimate of drug-likeness (QED) is 0.332. The summed E-state index contributed by atoms with van der Waals surface area (Å²) >= 11 is 0. The van der Waals surface area contributed by atoms with Gasteiger partial charge in [-0.3, -0.25) is 4.99 Å². The molecule has 0 aliphatic rings. The van der Waals surface area contributed by atoms with Gasteiger partial charge < -0.3 is 15.8 Å². The lowest BCUT2D eigenvalue weighted by atomic mass is 10.1. The molecule has 0 bridgehead atoms. The number of hydrogen-bond acceptors (Lipinski definition) is 2. The summed E-state index contributed by atoms with van der Waals surface area (Å²) in [6.07, 6.45) is 8.87. The lowest BCUT2D eigenvalue weighted by molar-refractivity contribution is 0.128. The Morgan fingerprint density at radius 3 is 2.41 bits per heavy atom. The first-order valence-electron chi connectivity index (χ1n) is 6.85. The maximum Gasteiger partial charge on any atom is 0.188 e. The number of rotatable bonds is 11. The molecule has 0 saturated heterocycles. The monoisotopic (exact) mass is 243 g/mol. The molecule has 3 N–H and O–H groups in total. The van der Waals surface area contributed by atoms with E-state index in [2.05, 4.69) is 17.2 Å². The molecular formula is C13H29N3O. The molecule has 17 heavy (non-hydrogen) atoms. The summed E-state index contributed by atoms with van der Waals surface area (Å²) in [5, 5.41) is 3.01. The van der Waals surface area contributed by atoms with E-state index < -0.39 is 0 Å². The second-order valence-corrected chi connectivity index (χ2v) is 4.27. The Hall–Kier alpha value is -0.770. The van der Waals surface area contributed by atoms with Gasteiger partial charge in [-0.25, -0.2) is 0 Å². The van der Waals surface area contributed by atoms with Gasteiger partial charge in [0.2, 0.25) is 0 Å². The van der Waals surface area contributed by atoms with Gasteiger partial charge in [0.05, 0.1) is 0 Å². The third kappa shape index (κ3) is 13.2. The van der Waals surface area contributed by atoms with E-state index >= 15 is 0 Å². The first-order chi connectivity index (χ1) is 8.31. The predicted molar refractivity (Wildman–Crippen MR) is 74.4 cm³/mol. The zero-order valence-electron chi connectivity index (χ0n) is 11.5. The molecule has 0 fully saturated rings. The molecule has 0 aromatic heterocycles. The van der Waals surface area contributed by atoms with E-state index in [1.165, 1.54) is 38.5 Å². The third-order valence-corrected chi connectivity index (χ3v) is 2.65. The van der Waals surface area contributed by atoms with Crippen molar-refractivity contribution in [3.05, 3.63) is 0 Å². The minimum atomic E-state index is 0.501. The standard InChI is InChI=1S/C13H29N3O/c1-3-4-5-6-7-8-11-17-12-9-10-16-13(14)15-2/h3-12H2,1-2H3,(H3,14,15,16). The van der Waals surface area contributed by atoms with Crippen molar-refractivity contribution in [2.75, 3.05) is 26.8 Å². The van der Waals surface area contributed by atoms with Crippen LogP contribution in [-0.4, -0.2) is 32.8 Å². The topological polar surface area (TPSA) is 59.6 Å². The van der Waals surface area contributed by atoms with Crippen molar-refractivity contribution in [3.63, 3.8) is 0 Å². The first kappa shape index (κ1) is 16.2. The number of ether oxygens (including phenoxy) is 1. The number of guanidine groups is 1. The largest absolute Gasteiger partial charge is 0.381 e. The number of aliphatic imine (C=N–C) groups is 1. The highest BCUT2D eigenvalue weighted by molar-refractivity contribution is 5.77. The second kappa shape index (κ2) is 13.3. The SMILES string of the molecule is CCCCCCCCOCCCNC(N)=NC. The smallest absolute Gasteiger partial charge is 0.188 e. The number of nitrogens with two attached hydrogens (primary N) is 1. The van der Waals surface area contributed by atoms with Crippen molar-refractivity contribution in [3.8, 4) is 0 Å². The van der Waals surface area contributed by atoms with Crippen LogP contribution in [0.3, 0.4) is 0 Å². The molecule has 4 nitrogen and oxygen atoms in total. The fraction of sp³-hybridized carbons (Fsp3) is 0.923. The third-order valence-electron chi connectivity index (χ3n) is 2.65. The number of hydrogen-bond donors (Lipinski definition) is 2. The predicted octanol–water partition coefficient (Wildman–Crippen LogP) is 2.29. The zero-order valence-corrected chi connectivity index (χ0v) is 11.5. The van der Waals surface area contributed by atoms with E-state index in [-0.39, 0.29) is 0 Å². The first-order valence-corrected chi connectivity index (χ1v) is 6.85. The second-order valence-electron chi connectivity index (χ2n) is 4.27. The fourth-order valence-corrected chi connectivity index (χ4v) is 1.56. The Kier molecular flexibility index (Phi) is 12.7. The summed E-state index contributed by atoms with van der Waals surface area (Å²) < 4.78 is 5.53. The highest BCUT2D eigenvalue weighted by atomic mass is 16.5. The van der Waals surface area contributed by atoms with Crippen molar-refractivity contribution in [1.29, 1.82) is 0 Å². The van der Waals surface area contributed by atoms with Gasteiger partial charge in [0.25, 0.3) is 0 Å². The highest BCUT2D eigenvalue weighted by Gasteiger charge is 1.92. The van der Waals surface area contributed by atoms with Gasteiger partial charge in [-0.15, -0.1) is 0 Å². The van der Waals surface area contributed by atoms with E-state index in [0.29, 0.717) is 5.96 Å². The molecule has 0 aromatic rings. The van der Waals surface area contributed by atoms with Crippen LogP contribution >= 0.6 is 0 Å². The van der Waals surface area contributed by atoms with E-state index in [1.54, 1.807) is 7.05 Å². The number of nitrogens with one attached hydrogen (secondary N) is 1. The summed E-state index contributed by atoms with van der Waals surface area (Å²) in [7, 11) is 1.68. The Balaban J connectivity index is 2.99. The maximum absolute atomic E-state index is 5.53. The van der Waals surface area contributed by atoms with Crippen LogP contribution in [0.1, 0.15) is 51.9 Å². The molecule has 0 spiro atoms. The van der Waals surface area contributed by atoms with Crippen LogP contribution in [-0.2, 0) is 4.74 Å². The van der Waals surface area contributed by atoms with E-state index in [9.17, 15) is 0 Å². The molecule has 0 aromatic carbocycles. The molecule has 0 amide bonds. The van der Waals surface area contributed by atoms with Crippen molar-refractivity contribution < 1.29 is 4.74 Å². The van der Waals surface area contributed by atoms with Gasteiger partial charge in [-0.05, 0) is 12.8 Å². The summed E-state index contributed by atoms with van der Waals surface area (Å²) in [5.41, 5.74) is 5.49. The van der Waals surface area contributed by atoms with Crippen LogP contribution in [0.25, 0.3) is 0 Å². The summed E-state index contributed by atoms with van der Waals surface area (Å²) in [6.45, 7) is 4.77. The van der Waals surface area contributed by atoms with Gasteiger partial charge in [-0.1, -0.05) is 39.0 Å². The van der Waals surface area contributed by atoms with Gasteiger partial charge in [0, 0.05) is 26.8 Å². The summed E-state index contributed by atoms with van der Waals surface area (Å²) in [5.74, 6) is 0.501. The Morgan fingerprint density at radius 2 is 1.71 bits per heavy atom. The Morgan fingerprint density at radius 1 is 1.06 bits per heavy atom. The molecule has 102 valence electrons. The van der Waals surface area contributed by atoms with Crippen molar-refractivity contribution in [2.45, 2.75) is 51.9 Å². The highest BCUT2D eigenvalue weighted by Crippen LogP contribution is 2.04. The molecule has 0 rings (SSSR count). The minimum Gasteiger partial charge on any atom is -0.381 e. The molecule has 0 radical (unpaired) electrons. The minimum absolute atomic E-state index is 0.501. The van der Waals surface area contributed by atoms with Crippen LogP contribution in [0, 0.1) is 0 Å². The van der Waals surface area contributed by atoms with Gasteiger partial charge in [0.15, 0.2) is 5.96 Å². The van der Waals surface area contributed by atoms with Crippen molar-refractivity contribution in [2.24, 2.45) is 10.7 Å². The lowest BCUT2D eigenvalue weighted by Crippen LogP contribution is -2.32. The van der Waals surface area contributed by atoms with Crippen LogP contribution in [0.4, 0.5) is 0 Å². The van der Waals surface area contributed by atoms with Gasteiger partial charge in [0.1, 0.15) is 0 Å². The summed E-state index contributed by atoms with van der Waals surface area (Å²) in [4.78, 5) is 3.81. The van der Waals surface area contributed by atoms with E-state index in [0.717, 1.165) is 26.2 Å². The molecule has 0 aliphatic carbocycles. The normalized spacial score (nSPS) is 11.8. The zero-order chi connectivity index (χ0) is 12.8. The molecule has 0 atom stereocenters. The van der Waals surface area contributed by atoms with E-state index in [4.69, 9.17) is 10.5 Å². The molecular weight excluding hydrogens is 214 g/mol. The molecule has 4 heteroatoms. The van der Waals surface area contributed by atoms with Crippen molar-refractivity contribution >= 4 is 5.96 Å². The Labute approximate surface area is 106 Å². The molecule has 0 saturated carbocycles. The molecule has 0 heterocycles. The lowest BCUT2D eigenvalue weighted by Gasteiger charge is -2.06. The van der Waals surface area contributed by atoms with Gasteiger partial charge >= 0.3 is 0 Å². The van der Waals surface area contributed by atoms with Gasteiger partial charge in [-0.2, -0.15) is 0 Å². The average Bonchev–Trinajstić information content (AvgIpc) is 2.35. The Bertz CT molecular complexity index is 184. The number of unbranched alkanes of at least 4 members (excludes halogenated alkanes) is 5. The van der Waals surface area contributed by atoms with Crippen LogP contribution < -0.4 is 11.1 Å². The molecule has 0 aliphatic heterocycles. The molecule has 0 unspecified atom stereocenters. The number of nitrogens with zero attached hydrogens (tertiary/aromatic N) is 1.